The maximum atomic E-state index is 5.91. The number of hydrogen-bond donors (Lipinski definition) is 2. The summed E-state index contributed by atoms with van der Waals surface area (Å²) < 4.78 is 6.52. The molecule has 2 rings (SSSR count). The standard InChI is InChI=1S/C18H29BrN4OS.HI/c19-16-6-1-2-7-17(16)25-15-4-3-8-21-18(20)22-9-5-10-23-11-13-24-14-12-23;/h1-2,6-7H,3-5,8-15H2,(H3,20,21,22);1H. The Bertz CT molecular complexity index is 530. The van der Waals surface area contributed by atoms with Crippen LogP contribution < -0.4 is 11.1 Å². The highest BCUT2D eigenvalue weighted by atomic mass is 127. The zero-order valence-corrected chi connectivity index (χ0v) is 19.9. The first-order chi connectivity index (χ1) is 12.3. The van der Waals surface area contributed by atoms with E-state index < -0.39 is 0 Å². The largest absolute Gasteiger partial charge is 0.379 e. The van der Waals surface area contributed by atoms with E-state index in [1.165, 1.54) is 9.37 Å². The van der Waals surface area contributed by atoms with Crippen molar-refractivity contribution in [3.05, 3.63) is 28.7 Å². The van der Waals surface area contributed by atoms with Crippen LogP contribution in [0.5, 0.6) is 0 Å². The van der Waals surface area contributed by atoms with Gasteiger partial charge in [-0.2, -0.15) is 0 Å². The molecule has 1 heterocycles. The number of guanidine groups is 1. The highest BCUT2D eigenvalue weighted by molar-refractivity contribution is 14.0. The van der Waals surface area contributed by atoms with E-state index >= 15 is 0 Å². The predicted octanol–water partition coefficient (Wildman–Crippen LogP) is 3.57. The molecule has 1 aromatic rings. The Kier molecular flexibility index (Phi) is 13.8. The van der Waals surface area contributed by atoms with Gasteiger partial charge >= 0.3 is 0 Å². The van der Waals surface area contributed by atoms with Crippen LogP contribution in [0, 0.1) is 0 Å². The molecule has 1 aliphatic heterocycles. The van der Waals surface area contributed by atoms with Crippen molar-refractivity contribution in [2.45, 2.75) is 24.2 Å². The van der Waals surface area contributed by atoms with Gasteiger partial charge in [-0.15, -0.1) is 35.7 Å². The topological polar surface area (TPSA) is 62.9 Å². The zero-order valence-electron chi connectivity index (χ0n) is 15.2. The van der Waals surface area contributed by atoms with Gasteiger partial charge < -0.3 is 15.8 Å². The van der Waals surface area contributed by atoms with E-state index in [-0.39, 0.29) is 24.0 Å². The quantitative estimate of drug-likeness (QED) is 0.152. The van der Waals surface area contributed by atoms with Gasteiger partial charge in [0, 0.05) is 42.1 Å². The van der Waals surface area contributed by atoms with Crippen LogP contribution >= 0.6 is 51.7 Å². The number of rotatable bonds is 10. The molecule has 148 valence electrons. The third-order valence-electron chi connectivity index (χ3n) is 3.99. The lowest BCUT2D eigenvalue weighted by atomic mass is 10.3. The number of morpholine rings is 1. The molecule has 0 amide bonds. The molecule has 0 bridgehead atoms. The Morgan fingerprint density at radius 1 is 1.23 bits per heavy atom. The fraction of sp³-hybridized carbons (Fsp3) is 0.611. The molecule has 0 radical (unpaired) electrons. The number of nitrogens with one attached hydrogen (secondary N) is 1. The number of nitrogens with zero attached hydrogens (tertiary/aromatic N) is 2. The van der Waals surface area contributed by atoms with Crippen LogP contribution in [0.4, 0.5) is 0 Å². The summed E-state index contributed by atoms with van der Waals surface area (Å²) in [6.45, 7) is 6.53. The molecule has 0 aliphatic carbocycles. The fourth-order valence-electron chi connectivity index (χ4n) is 2.56. The SMILES string of the molecule is I.NC(=NCCCN1CCOCC1)NCCCCSc1ccccc1Br. The van der Waals surface area contributed by atoms with Crippen molar-refractivity contribution < 1.29 is 4.74 Å². The van der Waals surface area contributed by atoms with Gasteiger partial charge in [0.15, 0.2) is 5.96 Å². The molecule has 3 N–H and O–H groups in total. The maximum Gasteiger partial charge on any atom is 0.188 e. The molecule has 1 aliphatic rings. The van der Waals surface area contributed by atoms with Gasteiger partial charge in [0.2, 0.25) is 0 Å². The minimum Gasteiger partial charge on any atom is -0.379 e. The fourth-order valence-corrected chi connectivity index (χ4v) is 4.14. The number of ether oxygens (including phenoxy) is 1. The van der Waals surface area contributed by atoms with E-state index in [2.05, 4.69) is 49.3 Å². The molecule has 0 saturated carbocycles. The summed E-state index contributed by atoms with van der Waals surface area (Å²) in [7, 11) is 0. The average molecular weight is 557 g/mol. The summed E-state index contributed by atoms with van der Waals surface area (Å²) in [6, 6.07) is 8.35. The van der Waals surface area contributed by atoms with E-state index in [4.69, 9.17) is 10.5 Å². The number of unbranched alkanes of at least 4 members (excludes halogenated alkanes) is 1. The number of hydrogen-bond acceptors (Lipinski definition) is 4. The number of aliphatic imine (C=N–C) groups is 1. The van der Waals surface area contributed by atoms with Crippen LogP contribution in [0.2, 0.25) is 0 Å². The van der Waals surface area contributed by atoms with Crippen LogP contribution in [0.3, 0.4) is 0 Å². The molecule has 0 unspecified atom stereocenters. The van der Waals surface area contributed by atoms with Crippen molar-refractivity contribution in [1.29, 1.82) is 0 Å². The molecule has 1 aromatic carbocycles. The van der Waals surface area contributed by atoms with Crippen molar-refractivity contribution in [1.82, 2.24) is 10.2 Å². The van der Waals surface area contributed by atoms with Crippen molar-refractivity contribution in [2.24, 2.45) is 10.7 Å². The number of benzene rings is 1. The Morgan fingerprint density at radius 2 is 2.00 bits per heavy atom. The summed E-state index contributed by atoms with van der Waals surface area (Å²) in [6.07, 6.45) is 3.30. The first-order valence-corrected chi connectivity index (χ1v) is 10.7. The molecular formula is C18H30BrIN4OS. The van der Waals surface area contributed by atoms with E-state index in [0.29, 0.717) is 5.96 Å². The summed E-state index contributed by atoms with van der Waals surface area (Å²) in [5.74, 6) is 1.68. The normalized spacial score (nSPS) is 15.5. The van der Waals surface area contributed by atoms with E-state index in [9.17, 15) is 0 Å². The smallest absolute Gasteiger partial charge is 0.188 e. The first kappa shape index (κ1) is 24.0. The van der Waals surface area contributed by atoms with Crippen molar-refractivity contribution >= 4 is 57.6 Å². The summed E-state index contributed by atoms with van der Waals surface area (Å²) in [5, 5.41) is 3.21. The van der Waals surface area contributed by atoms with Crippen LogP contribution in [0.1, 0.15) is 19.3 Å². The second-order valence-corrected chi connectivity index (χ2v) is 7.98. The second kappa shape index (κ2) is 15.0. The Hall–Kier alpha value is -0.0300. The average Bonchev–Trinajstić information content (AvgIpc) is 2.64. The monoisotopic (exact) mass is 556 g/mol. The van der Waals surface area contributed by atoms with Gasteiger partial charge in [0.25, 0.3) is 0 Å². The van der Waals surface area contributed by atoms with E-state index in [1.54, 1.807) is 0 Å². The van der Waals surface area contributed by atoms with Gasteiger partial charge in [-0.3, -0.25) is 9.89 Å². The summed E-state index contributed by atoms with van der Waals surface area (Å²) in [4.78, 5) is 8.12. The maximum absolute atomic E-state index is 5.91. The summed E-state index contributed by atoms with van der Waals surface area (Å²) in [5.41, 5.74) is 5.91. The van der Waals surface area contributed by atoms with Crippen LogP contribution in [-0.4, -0.2) is 62.5 Å². The number of halogens is 2. The van der Waals surface area contributed by atoms with Crippen LogP contribution in [0.15, 0.2) is 38.6 Å². The molecule has 0 atom stereocenters. The minimum atomic E-state index is 0. The van der Waals surface area contributed by atoms with E-state index in [0.717, 1.165) is 71.0 Å². The molecule has 5 nitrogen and oxygen atoms in total. The lowest BCUT2D eigenvalue weighted by Crippen LogP contribution is -2.37. The van der Waals surface area contributed by atoms with Crippen molar-refractivity contribution in [3.8, 4) is 0 Å². The molecule has 0 aromatic heterocycles. The highest BCUT2D eigenvalue weighted by Gasteiger charge is 2.08. The van der Waals surface area contributed by atoms with Crippen LogP contribution in [-0.2, 0) is 4.74 Å². The van der Waals surface area contributed by atoms with E-state index in [1.807, 2.05) is 17.8 Å². The highest BCUT2D eigenvalue weighted by Crippen LogP contribution is 2.27. The lowest BCUT2D eigenvalue weighted by molar-refractivity contribution is 0.0377. The zero-order chi connectivity index (χ0) is 17.7. The Morgan fingerprint density at radius 3 is 2.77 bits per heavy atom. The minimum absolute atomic E-state index is 0. The molecular weight excluding hydrogens is 527 g/mol. The number of thioether (sulfide) groups is 1. The third kappa shape index (κ3) is 10.3. The molecule has 8 heteroatoms. The lowest BCUT2D eigenvalue weighted by Gasteiger charge is -2.26. The van der Waals surface area contributed by atoms with Gasteiger partial charge in [-0.05, 0) is 53.1 Å². The first-order valence-electron chi connectivity index (χ1n) is 8.97. The predicted molar refractivity (Wildman–Crippen MR) is 126 cm³/mol. The third-order valence-corrected chi connectivity index (χ3v) is 6.10. The van der Waals surface area contributed by atoms with Crippen LogP contribution in [0.25, 0.3) is 0 Å². The second-order valence-electron chi connectivity index (χ2n) is 5.99. The number of nitrogens with two attached hydrogens (primary N) is 1. The molecule has 1 fully saturated rings. The van der Waals surface area contributed by atoms with Gasteiger partial charge in [-0.25, -0.2) is 0 Å². The van der Waals surface area contributed by atoms with Gasteiger partial charge in [0.1, 0.15) is 0 Å². The molecule has 0 spiro atoms. The molecule has 1 saturated heterocycles. The Labute approximate surface area is 187 Å². The molecule has 26 heavy (non-hydrogen) atoms. The van der Waals surface area contributed by atoms with Crippen molar-refractivity contribution in [2.75, 3.05) is 51.7 Å². The van der Waals surface area contributed by atoms with Gasteiger partial charge in [0.05, 0.1) is 13.2 Å². The van der Waals surface area contributed by atoms with Crippen molar-refractivity contribution in [3.63, 3.8) is 0 Å². The van der Waals surface area contributed by atoms with Gasteiger partial charge in [-0.1, -0.05) is 12.1 Å². The summed E-state index contributed by atoms with van der Waals surface area (Å²) >= 11 is 5.47. The Balaban J connectivity index is 0.00000338.